The zero-order valence-electron chi connectivity index (χ0n) is 21.8. The molecule has 2 unspecified atom stereocenters. The second-order valence-corrected chi connectivity index (χ2v) is 10.2. The molecule has 2 saturated heterocycles. The number of carbonyl (C=O) groups excluding carboxylic acids is 1. The SMILES string of the molecule is COCCNC(=O)c1ccc2nn(CC3CCN(C4OC4c4ccc(-n5cnnc5)cc4)CC3)cc2c1C. The van der Waals surface area contributed by atoms with Crippen molar-refractivity contribution in [3.63, 3.8) is 0 Å². The topological polar surface area (TPSA) is 103 Å². The fraction of sp³-hybridized carbons (Fsp3) is 0.429. The van der Waals surface area contributed by atoms with E-state index in [9.17, 15) is 4.79 Å². The highest BCUT2D eigenvalue weighted by molar-refractivity contribution is 6.00. The fourth-order valence-electron chi connectivity index (χ4n) is 5.43. The van der Waals surface area contributed by atoms with E-state index in [0.29, 0.717) is 24.6 Å². The van der Waals surface area contributed by atoms with Crippen LogP contribution in [0.2, 0.25) is 0 Å². The highest BCUT2D eigenvalue weighted by Crippen LogP contribution is 2.42. The van der Waals surface area contributed by atoms with Crippen LogP contribution in [0.5, 0.6) is 0 Å². The maximum absolute atomic E-state index is 12.6. The highest BCUT2D eigenvalue weighted by atomic mass is 16.6. The summed E-state index contributed by atoms with van der Waals surface area (Å²) in [5.74, 6) is 0.492. The van der Waals surface area contributed by atoms with E-state index in [1.165, 1.54) is 5.56 Å². The lowest BCUT2D eigenvalue weighted by atomic mass is 9.96. The van der Waals surface area contributed by atoms with E-state index >= 15 is 0 Å². The van der Waals surface area contributed by atoms with Crippen molar-refractivity contribution in [2.24, 2.45) is 5.92 Å². The van der Waals surface area contributed by atoms with Crippen LogP contribution in [0.25, 0.3) is 16.6 Å². The number of likely N-dealkylation sites (tertiary alicyclic amines) is 1. The van der Waals surface area contributed by atoms with Gasteiger partial charge < -0.3 is 14.8 Å². The van der Waals surface area contributed by atoms with Crippen LogP contribution < -0.4 is 5.32 Å². The summed E-state index contributed by atoms with van der Waals surface area (Å²) in [6, 6.07) is 12.2. The molecule has 2 aliphatic rings. The number of epoxide rings is 1. The number of hydrogen-bond acceptors (Lipinski definition) is 7. The number of carbonyl (C=O) groups is 1. The molecule has 2 aliphatic heterocycles. The second kappa shape index (κ2) is 10.6. The van der Waals surface area contributed by atoms with Gasteiger partial charge in [-0.15, -0.1) is 10.2 Å². The van der Waals surface area contributed by atoms with Gasteiger partial charge in [-0.05, 0) is 61.1 Å². The Hall–Kier alpha value is -3.60. The van der Waals surface area contributed by atoms with Crippen molar-refractivity contribution >= 4 is 16.8 Å². The summed E-state index contributed by atoms with van der Waals surface area (Å²) >= 11 is 0. The first-order chi connectivity index (χ1) is 18.6. The van der Waals surface area contributed by atoms with Gasteiger partial charge in [-0.1, -0.05) is 12.1 Å². The Morgan fingerprint density at radius 1 is 1.11 bits per heavy atom. The lowest BCUT2D eigenvalue weighted by Crippen LogP contribution is -2.37. The zero-order chi connectivity index (χ0) is 26.1. The van der Waals surface area contributed by atoms with E-state index in [1.807, 2.05) is 23.6 Å². The summed E-state index contributed by atoms with van der Waals surface area (Å²) in [5, 5.41) is 16.5. The van der Waals surface area contributed by atoms with Gasteiger partial charge in [-0.25, -0.2) is 0 Å². The number of hydrogen-bond donors (Lipinski definition) is 1. The van der Waals surface area contributed by atoms with Crippen molar-refractivity contribution in [2.45, 2.75) is 38.6 Å². The van der Waals surface area contributed by atoms with Gasteiger partial charge in [0, 0.05) is 56.1 Å². The van der Waals surface area contributed by atoms with Crippen LogP contribution in [0.15, 0.2) is 55.2 Å². The van der Waals surface area contributed by atoms with E-state index in [1.54, 1.807) is 19.8 Å². The van der Waals surface area contributed by atoms with Crippen molar-refractivity contribution in [2.75, 3.05) is 33.4 Å². The van der Waals surface area contributed by atoms with Crippen LogP contribution in [0, 0.1) is 12.8 Å². The molecule has 4 aromatic rings. The van der Waals surface area contributed by atoms with Crippen LogP contribution in [0.1, 0.15) is 40.4 Å². The molecule has 1 N–H and O–H groups in total. The Morgan fingerprint density at radius 2 is 1.87 bits per heavy atom. The third-order valence-electron chi connectivity index (χ3n) is 7.70. The van der Waals surface area contributed by atoms with Gasteiger partial charge in [-0.3, -0.25) is 18.9 Å². The van der Waals surface area contributed by atoms with Gasteiger partial charge in [0.1, 0.15) is 25.0 Å². The molecule has 10 nitrogen and oxygen atoms in total. The van der Waals surface area contributed by atoms with Crippen LogP contribution in [-0.2, 0) is 16.0 Å². The smallest absolute Gasteiger partial charge is 0.251 e. The largest absolute Gasteiger partial charge is 0.383 e. The summed E-state index contributed by atoms with van der Waals surface area (Å²) in [6.45, 7) is 5.92. The van der Waals surface area contributed by atoms with E-state index in [0.717, 1.165) is 54.6 Å². The molecule has 10 heteroatoms. The Morgan fingerprint density at radius 3 is 2.61 bits per heavy atom. The molecule has 0 spiro atoms. The summed E-state index contributed by atoms with van der Waals surface area (Å²) in [5.41, 5.74) is 4.83. The number of piperidine rings is 1. The minimum absolute atomic E-state index is 0.0754. The van der Waals surface area contributed by atoms with Crippen LogP contribution in [0.3, 0.4) is 0 Å². The molecule has 198 valence electrons. The molecule has 0 bridgehead atoms. The number of benzene rings is 2. The van der Waals surface area contributed by atoms with Crippen molar-refractivity contribution < 1.29 is 14.3 Å². The molecule has 0 radical (unpaired) electrons. The van der Waals surface area contributed by atoms with E-state index < -0.39 is 0 Å². The monoisotopic (exact) mass is 515 g/mol. The molecule has 38 heavy (non-hydrogen) atoms. The van der Waals surface area contributed by atoms with Crippen molar-refractivity contribution in [3.05, 3.63) is 71.9 Å². The highest BCUT2D eigenvalue weighted by Gasteiger charge is 2.45. The number of fused-ring (bicyclic) bond motifs is 1. The quantitative estimate of drug-likeness (QED) is 0.270. The second-order valence-electron chi connectivity index (χ2n) is 10.2. The minimum atomic E-state index is -0.0754. The Kier molecular flexibility index (Phi) is 6.92. The number of nitrogens with zero attached hydrogens (tertiary/aromatic N) is 6. The summed E-state index contributed by atoms with van der Waals surface area (Å²) < 4.78 is 15.1. The van der Waals surface area contributed by atoms with E-state index in [2.05, 4.69) is 55.6 Å². The molecule has 4 heterocycles. The van der Waals surface area contributed by atoms with Crippen molar-refractivity contribution in [3.8, 4) is 5.69 Å². The average Bonchev–Trinajstić information content (AvgIpc) is 3.32. The van der Waals surface area contributed by atoms with Gasteiger partial charge >= 0.3 is 0 Å². The molecule has 0 saturated carbocycles. The Labute approximate surface area is 221 Å². The molecule has 2 fully saturated rings. The molecule has 2 aromatic heterocycles. The fourth-order valence-corrected chi connectivity index (χ4v) is 5.43. The van der Waals surface area contributed by atoms with Crippen LogP contribution in [-0.4, -0.2) is 74.9 Å². The standard InChI is InChI=1S/C28H33N7O3/c1-19-23(27(36)29-11-14-37-2)7-8-25-24(19)16-35(32-25)15-20-9-12-33(13-10-20)28-26(38-28)21-3-5-22(6-4-21)34-17-30-31-18-34/h3-8,16-18,20,26,28H,9-15H2,1-2H3,(H,29,36). The van der Waals surface area contributed by atoms with E-state index in [-0.39, 0.29) is 18.2 Å². The number of amides is 1. The number of methoxy groups -OCH3 is 1. The zero-order valence-corrected chi connectivity index (χ0v) is 21.8. The van der Waals surface area contributed by atoms with Gasteiger partial charge in [0.25, 0.3) is 5.91 Å². The first-order valence-electron chi connectivity index (χ1n) is 13.2. The first-order valence-corrected chi connectivity index (χ1v) is 13.2. The predicted molar refractivity (Wildman–Crippen MR) is 142 cm³/mol. The van der Waals surface area contributed by atoms with Gasteiger partial charge in [-0.2, -0.15) is 5.10 Å². The Balaban J connectivity index is 1.02. The van der Waals surface area contributed by atoms with E-state index in [4.69, 9.17) is 14.6 Å². The number of nitrogens with one attached hydrogen (secondary N) is 1. The average molecular weight is 516 g/mol. The number of aromatic nitrogens is 5. The van der Waals surface area contributed by atoms with Crippen LogP contribution >= 0.6 is 0 Å². The summed E-state index contributed by atoms with van der Waals surface area (Å²) in [7, 11) is 1.63. The third kappa shape index (κ3) is 5.07. The van der Waals surface area contributed by atoms with Gasteiger partial charge in [0.2, 0.25) is 0 Å². The number of aryl methyl sites for hydroxylation is 1. The third-order valence-corrected chi connectivity index (χ3v) is 7.70. The summed E-state index contributed by atoms with van der Waals surface area (Å²) in [6.07, 6.45) is 8.02. The Bertz CT molecular complexity index is 1390. The predicted octanol–water partition coefficient (Wildman–Crippen LogP) is 3.11. The molecule has 0 aliphatic carbocycles. The van der Waals surface area contributed by atoms with Gasteiger partial charge in [0.15, 0.2) is 0 Å². The maximum Gasteiger partial charge on any atom is 0.251 e. The van der Waals surface area contributed by atoms with Gasteiger partial charge in [0.05, 0.1) is 12.1 Å². The lowest BCUT2D eigenvalue weighted by molar-refractivity contribution is 0.0936. The summed E-state index contributed by atoms with van der Waals surface area (Å²) in [4.78, 5) is 15.0. The molecular weight excluding hydrogens is 482 g/mol. The molecule has 2 aromatic carbocycles. The normalized spacial score (nSPS) is 20.2. The number of ether oxygens (including phenoxy) is 2. The molecular formula is C28H33N7O3. The number of rotatable bonds is 9. The lowest BCUT2D eigenvalue weighted by Gasteiger charge is -2.30. The minimum Gasteiger partial charge on any atom is -0.383 e. The van der Waals surface area contributed by atoms with Crippen LogP contribution in [0.4, 0.5) is 0 Å². The maximum atomic E-state index is 12.6. The van der Waals surface area contributed by atoms with Crippen molar-refractivity contribution in [1.29, 1.82) is 0 Å². The van der Waals surface area contributed by atoms with Crippen molar-refractivity contribution in [1.82, 2.24) is 34.8 Å². The molecule has 6 rings (SSSR count). The molecule has 2 atom stereocenters. The first kappa shape index (κ1) is 24.7. The molecule has 1 amide bonds.